The lowest BCUT2D eigenvalue weighted by Gasteiger charge is -2.21. The van der Waals surface area contributed by atoms with E-state index >= 15 is 0 Å². The smallest absolute Gasteiger partial charge is 0.401 e. The van der Waals surface area contributed by atoms with Crippen molar-refractivity contribution >= 4 is 11.0 Å². The molecule has 3 nitrogen and oxygen atoms in total. The van der Waals surface area contributed by atoms with E-state index in [1.807, 2.05) is 18.2 Å². The molecule has 114 valence electrons. The van der Waals surface area contributed by atoms with Crippen LogP contribution in [0, 0.1) is 0 Å². The van der Waals surface area contributed by atoms with E-state index < -0.39 is 12.7 Å². The molecule has 0 saturated heterocycles. The van der Waals surface area contributed by atoms with Crippen molar-refractivity contribution in [3.8, 4) is 5.75 Å². The number of methoxy groups -OCH3 is 1. The maximum Gasteiger partial charge on any atom is 0.401 e. The molecule has 21 heavy (non-hydrogen) atoms. The minimum atomic E-state index is -4.15. The molecule has 1 aliphatic heterocycles. The van der Waals surface area contributed by atoms with Gasteiger partial charge in [-0.25, -0.2) is 0 Å². The van der Waals surface area contributed by atoms with E-state index in [0.717, 1.165) is 22.3 Å². The Morgan fingerprint density at radius 1 is 1.24 bits per heavy atom. The molecular formula is C15H16F3NO2. The molecule has 0 atom stereocenters. The minimum Gasteiger partial charge on any atom is -0.497 e. The van der Waals surface area contributed by atoms with E-state index in [-0.39, 0.29) is 0 Å². The van der Waals surface area contributed by atoms with E-state index in [2.05, 4.69) is 0 Å². The third-order valence-electron chi connectivity index (χ3n) is 3.82. The van der Waals surface area contributed by atoms with Crippen molar-refractivity contribution in [3.05, 3.63) is 29.5 Å². The van der Waals surface area contributed by atoms with Crippen LogP contribution < -0.4 is 4.74 Å². The molecule has 0 bridgehead atoms. The van der Waals surface area contributed by atoms with Crippen LogP contribution in [0.4, 0.5) is 13.2 Å². The van der Waals surface area contributed by atoms with Crippen LogP contribution in [0.1, 0.15) is 11.3 Å². The Kier molecular flexibility index (Phi) is 3.57. The van der Waals surface area contributed by atoms with Gasteiger partial charge in [0.1, 0.15) is 17.1 Å². The Morgan fingerprint density at radius 3 is 2.71 bits per heavy atom. The molecule has 0 radical (unpaired) electrons. The van der Waals surface area contributed by atoms with Gasteiger partial charge < -0.3 is 9.15 Å². The molecular weight excluding hydrogens is 283 g/mol. The van der Waals surface area contributed by atoms with Crippen LogP contribution in [0.25, 0.3) is 11.0 Å². The van der Waals surface area contributed by atoms with Crippen molar-refractivity contribution in [2.24, 2.45) is 0 Å². The molecule has 0 fully saturated rings. The fourth-order valence-corrected chi connectivity index (χ4v) is 2.84. The highest BCUT2D eigenvalue weighted by Crippen LogP contribution is 2.31. The van der Waals surface area contributed by atoms with Crippen LogP contribution in [-0.2, 0) is 12.8 Å². The number of nitrogens with zero attached hydrogens (tertiary/aromatic N) is 1. The predicted octanol–water partition coefficient (Wildman–Crippen LogP) is 3.40. The van der Waals surface area contributed by atoms with Gasteiger partial charge in [-0.2, -0.15) is 13.2 Å². The Labute approximate surface area is 120 Å². The van der Waals surface area contributed by atoms with Gasteiger partial charge in [0.25, 0.3) is 0 Å². The zero-order valence-corrected chi connectivity index (χ0v) is 11.7. The number of fused-ring (bicyclic) bond motifs is 3. The van der Waals surface area contributed by atoms with Gasteiger partial charge in [-0.1, -0.05) is 0 Å². The highest BCUT2D eigenvalue weighted by Gasteiger charge is 2.32. The Morgan fingerprint density at radius 2 is 2.00 bits per heavy atom. The first-order chi connectivity index (χ1) is 9.96. The number of hydrogen-bond donors (Lipinski definition) is 0. The fraction of sp³-hybridized carbons (Fsp3) is 0.467. The van der Waals surface area contributed by atoms with Gasteiger partial charge in [-0.15, -0.1) is 0 Å². The predicted molar refractivity (Wildman–Crippen MR) is 72.7 cm³/mol. The van der Waals surface area contributed by atoms with Gasteiger partial charge in [0.05, 0.1) is 13.7 Å². The van der Waals surface area contributed by atoms with Crippen LogP contribution in [0.15, 0.2) is 22.6 Å². The first-order valence-electron chi connectivity index (χ1n) is 6.83. The first-order valence-corrected chi connectivity index (χ1v) is 6.83. The third kappa shape index (κ3) is 3.00. The number of halogens is 3. The molecule has 0 unspecified atom stereocenters. The second kappa shape index (κ2) is 5.26. The number of ether oxygens (including phenoxy) is 1. The lowest BCUT2D eigenvalue weighted by Crippen LogP contribution is -2.35. The van der Waals surface area contributed by atoms with E-state index in [1.165, 1.54) is 4.90 Å². The fourth-order valence-electron chi connectivity index (χ4n) is 2.84. The van der Waals surface area contributed by atoms with Gasteiger partial charge in [-0.05, 0) is 18.6 Å². The summed E-state index contributed by atoms with van der Waals surface area (Å²) in [6.07, 6.45) is -3.08. The highest BCUT2D eigenvalue weighted by molar-refractivity contribution is 5.83. The van der Waals surface area contributed by atoms with Crippen molar-refractivity contribution in [1.29, 1.82) is 0 Å². The number of benzene rings is 1. The summed E-state index contributed by atoms with van der Waals surface area (Å²) in [5.41, 5.74) is 1.76. The highest BCUT2D eigenvalue weighted by atomic mass is 19.4. The molecule has 0 spiro atoms. The second-order valence-corrected chi connectivity index (χ2v) is 5.26. The lowest BCUT2D eigenvalue weighted by molar-refractivity contribution is -0.145. The van der Waals surface area contributed by atoms with Crippen molar-refractivity contribution < 1.29 is 22.3 Å². The van der Waals surface area contributed by atoms with Crippen LogP contribution in [-0.4, -0.2) is 37.8 Å². The van der Waals surface area contributed by atoms with E-state index in [4.69, 9.17) is 9.15 Å². The average Bonchev–Trinajstić information content (AvgIpc) is 2.66. The normalized spacial score (nSPS) is 16.8. The molecule has 2 aromatic rings. The van der Waals surface area contributed by atoms with Crippen molar-refractivity contribution in [1.82, 2.24) is 4.90 Å². The maximum absolute atomic E-state index is 12.5. The van der Waals surface area contributed by atoms with Crippen LogP contribution in [0.2, 0.25) is 0 Å². The molecule has 2 heterocycles. The van der Waals surface area contributed by atoms with Gasteiger partial charge in [0.15, 0.2) is 0 Å². The quantitative estimate of drug-likeness (QED) is 0.850. The molecule has 0 amide bonds. The molecule has 1 aromatic heterocycles. The van der Waals surface area contributed by atoms with Crippen molar-refractivity contribution in [2.45, 2.75) is 19.0 Å². The van der Waals surface area contributed by atoms with E-state index in [1.54, 1.807) is 7.11 Å². The van der Waals surface area contributed by atoms with Crippen LogP contribution in [0.3, 0.4) is 0 Å². The number of rotatable bonds is 2. The van der Waals surface area contributed by atoms with Gasteiger partial charge in [0, 0.05) is 36.5 Å². The SMILES string of the molecule is COc1ccc2c3c(oc2c1)CCN(CC(F)(F)F)CC3. The summed E-state index contributed by atoms with van der Waals surface area (Å²) in [7, 11) is 1.59. The van der Waals surface area contributed by atoms with E-state index in [0.29, 0.717) is 31.7 Å². The molecule has 0 N–H and O–H groups in total. The zero-order valence-electron chi connectivity index (χ0n) is 11.7. The number of hydrogen-bond acceptors (Lipinski definition) is 3. The topological polar surface area (TPSA) is 25.6 Å². The first kappa shape index (κ1) is 14.3. The Bertz CT molecular complexity index is 648. The van der Waals surface area contributed by atoms with E-state index in [9.17, 15) is 13.2 Å². The molecule has 0 aliphatic carbocycles. The Balaban J connectivity index is 1.85. The minimum absolute atomic E-state index is 0.365. The largest absolute Gasteiger partial charge is 0.497 e. The maximum atomic E-state index is 12.5. The lowest BCUT2D eigenvalue weighted by atomic mass is 10.1. The van der Waals surface area contributed by atoms with Crippen molar-refractivity contribution in [2.75, 3.05) is 26.7 Å². The molecule has 1 aromatic carbocycles. The van der Waals surface area contributed by atoms with Crippen LogP contribution >= 0.6 is 0 Å². The third-order valence-corrected chi connectivity index (χ3v) is 3.82. The number of alkyl halides is 3. The second-order valence-electron chi connectivity index (χ2n) is 5.26. The standard InChI is InChI=1S/C15H16F3NO2/c1-20-10-2-3-11-12-4-6-19(9-15(16,17)18)7-5-13(12)21-14(11)8-10/h2-3,8H,4-7,9H2,1H3. The van der Waals surface area contributed by atoms with Crippen LogP contribution in [0.5, 0.6) is 5.75 Å². The van der Waals surface area contributed by atoms with Gasteiger partial charge >= 0.3 is 6.18 Å². The molecule has 0 saturated carbocycles. The molecule has 6 heteroatoms. The molecule has 3 rings (SSSR count). The summed E-state index contributed by atoms with van der Waals surface area (Å²) in [6, 6.07) is 5.57. The summed E-state index contributed by atoms with van der Waals surface area (Å²) in [4.78, 5) is 1.44. The van der Waals surface area contributed by atoms with Crippen molar-refractivity contribution in [3.63, 3.8) is 0 Å². The monoisotopic (exact) mass is 299 g/mol. The average molecular weight is 299 g/mol. The summed E-state index contributed by atoms with van der Waals surface area (Å²) in [5, 5.41) is 0.972. The number of furan rings is 1. The molecule has 1 aliphatic rings. The zero-order chi connectivity index (χ0) is 15.0. The summed E-state index contributed by atoms with van der Waals surface area (Å²) < 4.78 is 48.4. The summed E-state index contributed by atoms with van der Waals surface area (Å²) in [5.74, 6) is 1.51. The van der Waals surface area contributed by atoms with Gasteiger partial charge in [0.2, 0.25) is 0 Å². The summed E-state index contributed by atoms with van der Waals surface area (Å²) >= 11 is 0. The van der Waals surface area contributed by atoms with Gasteiger partial charge in [-0.3, -0.25) is 4.90 Å². The summed E-state index contributed by atoms with van der Waals surface area (Å²) in [6.45, 7) is -0.0976. The Hall–Kier alpha value is -1.69.